The summed E-state index contributed by atoms with van der Waals surface area (Å²) < 4.78 is 0. The fourth-order valence-electron chi connectivity index (χ4n) is 2.12. The first kappa shape index (κ1) is 13.5. The zero-order valence-corrected chi connectivity index (χ0v) is 11.5. The summed E-state index contributed by atoms with van der Waals surface area (Å²) in [6.45, 7) is 4.93. The highest BCUT2D eigenvalue weighted by Crippen LogP contribution is 2.23. The smallest absolute Gasteiger partial charge is 0.273 e. The minimum atomic E-state index is -0.363. The molecule has 0 radical (unpaired) electrons. The van der Waals surface area contributed by atoms with Crippen molar-refractivity contribution < 1.29 is 9.90 Å². The van der Waals surface area contributed by atoms with Crippen molar-refractivity contribution in [1.82, 2.24) is 9.88 Å². The summed E-state index contributed by atoms with van der Waals surface area (Å²) in [5.74, 6) is 0.127. The van der Waals surface area contributed by atoms with E-state index in [1.165, 1.54) is 11.3 Å². The van der Waals surface area contributed by atoms with E-state index < -0.39 is 0 Å². The molecule has 2 rings (SSSR count). The van der Waals surface area contributed by atoms with Gasteiger partial charge in [-0.05, 0) is 20.3 Å². The third-order valence-electron chi connectivity index (χ3n) is 3.32. The van der Waals surface area contributed by atoms with Crippen LogP contribution in [0.25, 0.3) is 0 Å². The summed E-state index contributed by atoms with van der Waals surface area (Å²) in [6, 6.07) is -0.139. The number of amides is 1. The number of nitrogens with two attached hydrogens (primary N) is 1. The third-order valence-corrected chi connectivity index (χ3v) is 4.37. The average molecular weight is 269 g/mol. The number of nitrogens with zero attached hydrogens (tertiary/aromatic N) is 2. The van der Waals surface area contributed by atoms with Gasteiger partial charge in [-0.3, -0.25) is 4.79 Å². The van der Waals surface area contributed by atoms with Crippen molar-refractivity contribution in [2.45, 2.75) is 32.4 Å². The number of aromatic nitrogens is 1. The molecular formula is C12H19N3O2S. The van der Waals surface area contributed by atoms with E-state index in [0.717, 1.165) is 11.4 Å². The molecule has 0 spiro atoms. The summed E-state index contributed by atoms with van der Waals surface area (Å²) in [7, 11) is 0. The SMILES string of the molecule is CC(N)c1nc(C(=O)N2CCC(C(C)O)C2)cs1. The molecule has 3 N–H and O–H groups in total. The number of carbonyl (C=O) groups is 1. The molecule has 1 saturated heterocycles. The predicted octanol–water partition coefficient (Wildman–Crippen LogP) is 1.01. The molecule has 1 fully saturated rings. The summed E-state index contributed by atoms with van der Waals surface area (Å²) in [6.07, 6.45) is 0.492. The molecule has 0 bridgehead atoms. The van der Waals surface area contributed by atoms with Gasteiger partial charge in [-0.25, -0.2) is 4.98 Å². The number of hydrogen-bond donors (Lipinski definition) is 2. The topological polar surface area (TPSA) is 79.5 Å². The molecule has 0 aliphatic carbocycles. The number of aliphatic hydroxyl groups excluding tert-OH is 1. The van der Waals surface area contributed by atoms with Gasteiger partial charge in [-0.2, -0.15) is 0 Å². The molecule has 3 unspecified atom stereocenters. The van der Waals surface area contributed by atoms with Crippen molar-refractivity contribution in [3.8, 4) is 0 Å². The highest BCUT2D eigenvalue weighted by molar-refractivity contribution is 7.09. The van der Waals surface area contributed by atoms with Crippen LogP contribution in [0.5, 0.6) is 0 Å². The van der Waals surface area contributed by atoms with Crippen LogP contribution >= 0.6 is 11.3 Å². The zero-order chi connectivity index (χ0) is 13.3. The Morgan fingerprint density at radius 3 is 2.89 bits per heavy atom. The Hall–Kier alpha value is -0.980. The van der Waals surface area contributed by atoms with Crippen LogP contribution in [0.2, 0.25) is 0 Å². The van der Waals surface area contributed by atoms with Crippen LogP contribution in [0, 0.1) is 5.92 Å². The van der Waals surface area contributed by atoms with Crippen molar-refractivity contribution in [1.29, 1.82) is 0 Å². The molecule has 100 valence electrons. The largest absolute Gasteiger partial charge is 0.393 e. The van der Waals surface area contributed by atoms with Gasteiger partial charge in [0, 0.05) is 24.4 Å². The van der Waals surface area contributed by atoms with Crippen LogP contribution in [0.1, 0.15) is 41.8 Å². The lowest BCUT2D eigenvalue weighted by molar-refractivity contribution is 0.0757. The van der Waals surface area contributed by atoms with Gasteiger partial charge in [0.25, 0.3) is 5.91 Å². The molecule has 0 aromatic carbocycles. The molecule has 1 aliphatic rings. The second-order valence-electron chi connectivity index (χ2n) is 4.90. The van der Waals surface area contributed by atoms with E-state index in [1.807, 2.05) is 6.92 Å². The van der Waals surface area contributed by atoms with Crippen LogP contribution < -0.4 is 5.73 Å². The Morgan fingerprint density at radius 2 is 2.39 bits per heavy atom. The molecule has 2 heterocycles. The number of hydrogen-bond acceptors (Lipinski definition) is 5. The number of carbonyl (C=O) groups excluding carboxylic acids is 1. The van der Waals surface area contributed by atoms with E-state index >= 15 is 0 Å². The van der Waals surface area contributed by atoms with Crippen LogP contribution in [-0.2, 0) is 0 Å². The molecular weight excluding hydrogens is 250 g/mol. The number of rotatable bonds is 3. The van der Waals surface area contributed by atoms with Crippen molar-refractivity contribution in [2.24, 2.45) is 11.7 Å². The van der Waals surface area contributed by atoms with Crippen LogP contribution in [0.15, 0.2) is 5.38 Å². The highest BCUT2D eigenvalue weighted by atomic mass is 32.1. The number of likely N-dealkylation sites (tertiary alicyclic amines) is 1. The van der Waals surface area contributed by atoms with E-state index in [9.17, 15) is 9.90 Å². The van der Waals surface area contributed by atoms with Gasteiger partial charge in [-0.1, -0.05) is 0 Å². The Morgan fingerprint density at radius 1 is 1.67 bits per heavy atom. The quantitative estimate of drug-likeness (QED) is 0.858. The van der Waals surface area contributed by atoms with Crippen LogP contribution in [-0.4, -0.2) is 40.1 Å². The standard InChI is InChI=1S/C12H19N3O2S/c1-7(13)11-14-10(6-18-11)12(17)15-4-3-9(5-15)8(2)16/h6-9,16H,3-5,13H2,1-2H3. The number of aliphatic hydroxyl groups is 1. The molecule has 3 atom stereocenters. The summed E-state index contributed by atoms with van der Waals surface area (Å²) in [5.41, 5.74) is 6.20. The third kappa shape index (κ3) is 2.71. The lowest BCUT2D eigenvalue weighted by atomic mass is 10.0. The van der Waals surface area contributed by atoms with E-state index in [0.29, 0.717) is 18.8 Å². The molecule has 1 aromatic heterocycles. The Balaban J connectivity index is 2.03. The molecule has 18 heavy (non-hydrogen) atoms. The highest BCUT2D eigenvalue weighted by Gasteiger charge is 2.30. The van der Waals surface area contributed by atoms with Gasteiger partial charge in [-0.15, -0.1) is 11.3 Å². The van der Waals surface area contributed by atoms with Gasteiger partial charge in [0.1, 0.15) is 10.7 Å². The second kappa shape index (κ2) is 5.34. The lowest BCUT2D eigenvalue weighted by Gasteiger charge is -2.16. The van der Waals surface area contributed by atoms with Crippen LogP contribution in [0.4, 0.5) is 0 Å². The summed E-state index contributed by atoms with van der Waals surface area (Å²) in [5, 5.41) is 12.1. The van der Waals surface area contributed by atoms with E-state index in [1.54, 1.807) is 17.2 Å². The molecule has 5 nitrogen and oxygen atoms in total. The maximum Gasteiger partial charge on any atom is 0.273 e. The predicted molar refractivity (Wildman–Crippen MR) is 70.4 cm³/mol. The van der Waals surface area contributed by atoms with Gasteiger partial charge in [0.05, 0.1) is 12.1 Å². The molecule has 1 amide bonds. The molecule has 1 aromatic rings. The van der Waals surface area contributed by atoms with Crippen molar-refractivity contribution in [2.75, 3.05) is 13.1 Å². The molecule has 1 aliphatic heterocycles. The van der Waals surface area contributed by atoms with E-state index in [-0.39, 0.29) is 24.0 Å². The van der Waals surface area contributed by atoms with Gasteiger partial charge in [0.2, 0.25) is 0 Å². The first-order chi connectivity index (χ1) is 8.49. The Bertz CT molecular complexity index is 431. The minimum Gasteiger partial charge on any atom is -0.393 e. The molecule has 6 heteroatoms. The lowest BCUT2D eigenvalue weighted by Crippen LogP contribution is -2.30. The van der Waals surface area contributed by atoms with Crippen LogP contribution in [0.3, 0.4) is 0 Å². The Labute approximate surface area is 111 Å². The fraction of sp³-hybridized carbons (Fsp3) is 0.667. The maximum absolute atomic E-state index is 12.2. The van der Waals surface area contributed by atoms with Gasteiger partial charge in [0.15, 0.2) is 0 Å². The monoisotopic (exact) mass is 269 g/mol. The molecule has 0 saturated carbocycles. The normalized spacial score (nSPS) is 23.1. The summed E-state index contributed by atoms with van der Waals surface area (Å²) >= 11 is 1.42. The van der Waals surface area contributed by atoms with Crippen molar-refractivity contribution in [3.05, 3.63) is 16.1 Å². The average Bonchev–Trinajstić information content (AvgIpc) is 2.97. The van der Waals surface area contributed by atoms with Crippen molar-refractivity contribution in [3.63, 3.8) is 0 Å². The first-order valence-corrected chi connectivity index (χ1v) is 7.05. The fourth-order valence-corrected chi connectivity index (χ4v) is 2.87. The minimum absolute atomic E-state index is 0.0544. The van der Waals surface area contributed by atoms with E-state index in [4.69, 9.17) is 5.73 Å². The van der Waals surface area contributed by atoms with E-state index in [2.05, 4.69) is 4.98 Å². The number of thiazole rings is 1. The van der Waals surface area contributed by atoms with Crippen molar-refractivity contribution >= 4 is 17.2 Å². The zero-order valence-electron chi connectivity index (χ0n) is 10.7. The maximum atomic E-state index is 12.2. The van der Waals surface area contributed by atoms with Gasteiger partial charge < -0.3 is 15.7 Å². The Kier molecular flexibility index (Phi) is 3.99. The van der Waals surface area contributed by atoms with Gasteiger partial charge >= 0.3 is 0 Å². The summed E-state index contributed by atoms with van der Waals surface area (Å²) in [4.78, 5) is 18.2. The first-order valence-electron chi connectivity index (χ1n) is 6.17. The second-order valence-corrected chi connectivity index (χ2v) is 5.79.